The Morgan fingerprint density at radius 2 is 2.18 bits per heavy atom. The average molecular weight is 262 g/mol. The van der Waals surface area contributed by atoms with Crippen molar-refractivity contribution in [1.82, 2.24) is 4.98 Å². The van der Waals surface area contributed by atoms with Crippen molar-refractivity contribution in [2.45, 2.75) is 24.6 Å². The number of thioether (sulfide) groups is 1. The second-order valence-electron chi connectivity index (χ2n) is 4.54. The first-order chi connectivity index (χ1) is 8.11. The smallest absolute Gasteiger partial charge is 0.151 e. The molecule has 0 saturated carbocycles. The van der Waals surface area contributed by atoms with Gasteiger partial charge in [-0.25, -0.2) is 4.98 Å². The zero-order valence-electron chi connectivity index (χ0n) is 9.93. The number of thiazole rings is 1. The monoisotopic (exact) mass is 262 g/mol. The van der Waals surface area contributed by atoms with Gasteiger partial charge in [0.05, 0.1) is 21.7 Å². The van der Waals surface area contributed by atoms with Gasteiger partial charge < -0.3 is 0 Å². The summed E-state index contributed by atoms with van der Waals surface area (Å²) in [5, 5.41) is 8.93. The van der Waals surface area contributed by atoms with E-state index >= 15 is 0 Å². The molecule has 0 saturated heterocycles. The molecule has 0 unspecified atom stereocenters. The third-order valence-corrected chi connectivity index (χ3v) is 4.71. The Labute approximate surface area is 110 Å². The van der Waals surface area contributed by atoms with Crippen LogP contribution < -0.4 is 0 Å². The Bertz CT molecular complexity index is 519. The topological polar surface area (TPSA) is 36.7 Å². The fraction of sp³-hybridized carbons (Fsp3) is 0.385. The Kier molecular flexibility index (Phi) is 3.70. The number of para-hydroxylation sites is 1. The van der Waals surface area contributed by atoms with E-state index in [0.29, 0.717) is 0 Å². The molecule has 1 aromatic heterocycles. The van der Waals surface area contributed by atoms with Gasteiger partial charge in [-0.2, -0.15) is 5.26 Å². The van der Waals surface area contributed by atoms with Crippen molar-refractivity contribution < 1.29 is 0 Å². The maximum Gasteiger partial charge on any atom is 0.151 e. The van der Waals surface area contributed by atoms with E-state index in [1.54, 1.807) is 23.1 Å². The van der Waals surface area contributed by atoms with E-state index in [4.69, 9.17) is 5.26 Å². The highest BCUT2D eigenvalue weighted by Gasteiger charge is 2.16. The van der Waals surface area contributed by atoms with Crippen molar-refractivity contribution in [3.8, 4) is 6.07 Å². The van der Waals surface area contributed by atoms with E-state index in [9.17, 15) is 0 Å². The lowest BCUT2D eigenvalue weighted by atomic mass is 9.93. The van der Waals surface area contributed by atoms with Crippen LogP contribution in [0.3, 0.4) is 0 Å². The maximum atomic E-state index is 8.93. The van der Waals surface area contributed by atoms with Crippen LogP contribution in [0.15, 0.2) is 28.6 Å². The Morgan fingerprint density at radius 3 is 2.88 bits per heavy atom. The van der Waals surface area contributed by atoms with Crippen LogP contribution in [0, 0.1) is 16.7 Å². The summed E-state index contributed by atoms with van der Waals surface area (Å²) in [4.78, 5) is 4.56. The highest BCUT2D eigenvalue weighted by Crippen LogP contribution is 2.31. The molecule has 1 heterocycles. The number of hydrogen-bond donors (Lipinski definition) is 0. The molecule has 0 N–H and O–H groups in total. The van der Waals surface area contributed by atoms with E-state index in [1.165, 1.54) is 4.70 Å². The fourth-order valence-electron chi connectivity index (χ4n) is 1.36. The van der Waals surface area contributed by atoms with Gasteiger partial charge in [0.15, 0.2) is 4.34 Å². The van der Waals surface area contributed by atoms with Crippen molar-refractivity contribution in [2.24, 2.45) is 5.41 Å². The maximum absolute atomic E-state index is 8.93. The average Bonchev–Trinajstić information content (AvgIpc) is 2.71. The second kappa shape index (κ2) is 5.07. The Hall–Kier alpha value is -1.05. The number of benzene rings is 1. The summed E-state index contributed by atoms with van der Waals surface area (Å²) in [6, 6.07) is 10.5. The van der Waals surface area contributed by atoms with Gasteiger partial charge in [-0.1, -0.05) is 23.9 Å². The lowest BCUT2D eigenvalue weighted by Crippen LogP contribution is -2.08. The van der Waals surface area contributed by atoms with Crippen molar-refractivity contribution >= 4 is 33.3 Å². The first-order valence-electron chi connectivity index (χ1n) is 5.50. The number of nitrogens with zero attached hydrogens (tertiary/aromatic N) is 2. The standard InChI is InChI=1S/C13H14N2S2/c1-13(2,9-14)7-8-16-12-15-10-5-3-4-6-11(10)17-12/h3-6H,7-8H2,1-2H3. The van der Waals surface area contributed by atoms with Crippen LogP contribution in [0.25, 0.3) is 10.2 Å². The minimum absolute atomic E-state index is 0.232. The van der Waals surface area contributed by atoms with Gasteiger partial charge in [-0.05, 0) is 32.4 Å². The molecule has 0 atom stereocenters. The summed E-state index contributed by atoms with van der Waals surface area (Å²) >= 11 is 3.47. The summed E-state index contributed by atoms with van der Waals surface area (Å²) in [5.74, 6) is 0.945. The summed E-state index contributed by atoms with van der Waals surface area (Å²) in [5.41, 5.74) is 0.837. The molecule has 0 aliphatic carbocycles. The minimum atomic E-state index is -0.232. The van der Waals surface area contributed by atoms with Crippen LogP contribution in [0.1, 0.15) is 20.3 Å². The van der Waals surface area contributed by atoms with Gasteiger partial charge in [0, 0.05) is 5.75 Å². The molecule has 0 bridgehead atoms. The van der Waals surface area contributed by atoms with E-state index in [0.717, 1.165) is 22.0 Å². The highest BCUT2D eigenvalue weighted by atomic mass is 32.2. The summed E-state index contributed by atoms with van der Waals surface area (Å²) in [7, 11) is 0. The van der Waals surface area contributed by atoms with Crippen LogP contribution in [-0.4, -0.2) is 10.7 Å². The third kappa shape index (κ3) is 3.21. The normalized spacial score (nSPS) is 11.6. The molecule has 0 aliphatic rings. The van der Waals surface area contributed by atoms with Gasteiger partial charge in [0.1, 0.15) is 0 Å². The van der Waals surface area contributed by atoms with Crippen molar-refractivity contribution in [3.05, 3.63) is 24.3 Å². The lowest BCUT2D eigenvalue weighted by molar-refractivity contribution is 0.482. The van der Waals surface area contributed by atoms with E-state index < -0.39 is 0 Å². The van der Waals surface area contributed by atoms with Crippen LogP contribution >= 0.6 is 23.1 Å². The Balaban J connectivity index is 1.98. The molecule has 0 radical (unpaired) electrons. The molecule has 0 aliphatic heterocycles. The van der Waals surface area contributed by atoms with Crippen LogP contribution in [0.4, 0.5) is 0 Å². The predicted molar refractivity (Wildman–Crippen MR) is 74.4 cm³/mol. The highest BCUT2D eigenvalue weighted by molar-refractivity contribution is 8.01. The number of nitriles is 1. The Morgan fingerprint density at radius 1 is 1.41 bits per heavy atom. The first-order valence-corrected chi connectivity index (χ1v) is 7.30. The molecule has 88 valence electrons. The largest absolute Gasteiger partial charge is 0.230 e. The molecule has 2 aromatic rings. The summed E-state index contributed by atoms with van der Waals surface area (Å²) < 4.78 is 2.33. The van der Waals surface area contributed by atoms with E-state index in [1.807, 2.05) is 32.0 Å². The fourth-order valence-corrected chi connectivity index (χ4v) is 3.76. The second-order valence-corrected chi connectivity index (χ2v) is 6.91. The van der Waals surface area contributed by atoms with Crippen molar-refractivity contribution in [3.63, 3.8) is 0 Å². The van der Waals surface area contributed by atoms with Gasteiger partial charge in [-0.3, -0.25) is 0 Å². The van der Waals surface area contributed by atoms with Gasteiger partial charge in [0.25, 0.3) is 0 Å². The van der Waals surface area contributed by atoms with Crippen LogP contribution in [-0.2, 0) is 0 Å². The zero-order chi connectivity index (χ0) is 12.3. The van der Waals surface area contributed by atoms with E-state index in [-0.39, 0.29) is 5.41 Å². The molecular formula is C13H14N2S2. The first kappa shape index (κ1) is 12.4. The van der Waals surface area contributed by atoms with Crippen molar-refractivity contribution in [2.75, 3.05) is 5.75 Å². The van der Waals surface area contributed by atoms with Gasteiger partial charge in [-0.15, -0.1) is 11.3 Å². The SMILES string of the molecule is CC(C)(C#N)CCSc1nc2ccccc2s1. The molecule has 1 aromatic carbocycles. The molecular weight excluding hydrogens is 248 g/mol. The lowest BCUT2D eigenvalue weighted by Gasteiger charge is -2.13. The zero-order valence-corrected chi connectivity index (χ0v) is 11.6. The number of hydrogen-bond acceptors (Lipinski definition) is 4. The molecule has 4 heteroatoms. The summed E-state index contributed by atoms with van der Waals surface area (Å²) in [6.07, 6.45) is 0.893. The van der Waals surface area contributed by atoms with Gasteiger partial charge >= 0.3 is 0 Å². The summed E-state index contributed by atoms with van der Waals surface area (Å²) in [6.45, 7) is 3.96. The minimum Gasteiger partial charge on any atom is -0.230 e. The van der Waals surface area contributed by atoms with Crippen molar-refractivity contribution in [1.29, 1.82) is 5.26 Å². The third-order valence-electron chi connectivity index (χ3n) is 2.53. The molecule has 0 amide bonds. The van der Waals surface area contributed by atoms with Gasteiger partial charge in [0.2, 0.25) is 0 Å². The van der Waals surface area contributed by atoms with Crippen LogP contribution in [0.5, 0.6) is 0 Å². The molecule has 2 rings (SSSR count). The molecule has 17 heavy (non-hydrogen) atoms. The molecule has 2 nitrogen and oxygen atoms in total. The van der Waals surface area contributed by atoms with E-state index in [2.05, 4.69) is 17.1 Å². The quantitative estimate of drug-likeness (QED) is 0.770. The molecule has 0 fully saturated rings. The number of rotatable bonds is 4. The molecule has 0 spiro atoms. The number of fused-ring (bicyclic) bond motifs is 1. The van der Waals surface area contributed by atoms with Crippen LogP contribution in [0.2, 0.25) is 0 Å². The number of aromatic nitrogens is 1. The predicted octanol–water partition coefficient (Wildman–Crippen LogP) is 4.33.